The Bertz CT molecular complexity index is 1160. The highest BCUT2D eigenvalue weighted by Gasteiger charge is 2.15. The van der Waals surface area contributed by atoms with Crippen LogP contribution < -0.4 is 9.47 Å². The Hall–Kier alpha value is -1.62. The zero-order chi connectivity index (χ0) is 20.4. The summed E-state index contributed by atoms with van der Waals surface area (Å²) >= 11 is 26.0. The van der Waals surface area contributed by atoms with Crippen LogP contribution in [0.25, 0.3) is 10.1 Å². The van der Waals surface area contributed by atoms with Gasteiger partial charge < -0.3 is 9.47 Å². The van der Waals surface area contributed by atoms with Crippen LogP contribution >= 0.6 is 57.7 Å². The number of hydrogen-bond acceptors (Lipinski definition) is 3. The van der Waals surface area contributed by atoms with Gasteiger partial charge in [0.1, 0.15) is 24.7 Å². The van der Waals surface area contributed by atoms with Gasteiger partial charge in [0.25, 0.3) is 0 Å². The lowest BCUT2D eigenvalue weighted by Crippen LogP contribution is -2.01. The maximum absolute atomic E-state index is 6.24. The Morgan fingerprint density at radius 3 is 2.14 bits per heavy atom. The lowest BCUT2D eigenvalue weighted by atomic mass is 10.1. The van der Waals surface area contributed by atoms with Crippen molar-refractivity contribution in [1.29, 1.82) is 0 Å². The van der Waals surface area contributed by atoms with Crippen molar-refractivity contribution in [3.63, 3.8) is 0 Å². The molecule has 0 amide bonds. The van der Waals surface area contributed by atoms with Gasteiger partial charge in [-0.3, -0.25) is 0 Å². The van der Waals surface area contributed by atoms with Crippen LogP contribution in [0.1, 0.15) is 10.4 Å². The molecule has 7 heteroatoms. The number of hydrogen-bond donors (Lipinski definition) is 0. The topological polar surface area (TPSA) is 18.5 Å². The Labute approximate surface area is 192 Å². The molecule has 1 aromatic heterocycles. The van der Waals surface area contributed by atoms with E-state index in [2.05, 4.69) is 0 Å². The first-order valence-electron chi connectivity index (χ1n) is 8.65. The van der Waals surface area contributed by atoms with Gasteiger partial charge in [0.15, 0.2) is 0 Å². The molecule has 3 aromatic carbocycles. The second-order valence-electron chi connectivity index (χ2n) is 6.25. The minimum atomic E-state index is 0.349. The quantitative estimate of drug-likeness (QED) is 0.273. The third kappa shape index (κ3) is 4.93. The van der Waals surface area contributed by atoms with Crippen molar-refractivity contribution in [3.05, 3.63) is 91.2 Å². The molecular weight excluding hydrogens is 470 g/mol. The van der Waals surface area contributed by atoms with Crippen LogP contribution in [0, 0.1) is 0 Å². The first-order chi connectivity index (χ1) is 14.0. The summed E-state index contributed by atoms with van der Waals surface area (Å²) in [7, 11) is 0. The largest absolute Gasteiger partial charge is 0.488 e. The molecule has 0 aliphatic heterocycles. The number of rotatable bonds is 6. The number of thiophene rings is 1. The van der Waals surface area contributed by atoms with Crippen LogP contribution in [-0.2, 0) is 13.2 Å². The van der Waals surface area contributed by atoms with Crippen molar-refractivity contribution in [3.8, 4) is 11.5 Å². The summed E-state index contributed by atoms with van der Waals surface area (Å²) in [4.78, 5) is 1.06. The van der Waals surface area contributed by atoms with Crippen LogP contribution in [-0.4, -0.2) is 0 Å². The van der Waals surface area contributed by atoms with Crippen LogP contribution in [0.4, 0.5) is 0 Å². The molecule has 148 valence electrons. The Kier molecular flexibility index (Phi) is 6.43. The molecule has 0 atom stereocenters. The smallest absolute Gasteiger partial charge is 0.138 e. The fourth-order valence-corrected chi connectivity index (χ4v) is 4.86. The zero-order valence-corrected chi connectivity index (χ0v) is 18.8. The molecule has 0 bridgehead atoms. The molecule has 4 rings (SSSR count). The van der Waals surface area contributed by atoms with Crippen molar-refractivity contribution in [1.82, 2.24) is 0 Å². The monoisotopic (exact) mass is 482 g/mol. The lowest BCUT2D eigenvalue weighted by molar-refractivity contribution is 0.290. The molecular formula is C22H14Cl4O2S. The van der Waals surface area contributed by atoms with Crippen molar-refractivity contribution in [2.75, 3.05) is 0 Å². The van der Waals surface area contributed by atoms with Crippen LogP contribution in [0.15, 0.2) is 60.7 Å². The van der Waals surface area contributed by atoms with Gasteiger partial charge in [-0.15, -0.1) is 11.3 Å². The third-order valence-corrected chi connectivity index (χ3v) is 6.47. The van der Waals surface area contributed by atoms with E-state index < -0.39 is 0 Å². The van der Waals surface area contributed by atoms with Gasteiger partial charge in [-0.1, -0.05) is 52.5 Å². The van der Waals surface area contributed by atoms with Crippen LogP contribution in [0.2, 0.25) is 20.1 Å². The Morgan fingerprint density at radius 2 is 1.38 bits per heavy atom. The summed E-state index contributed by atoms with van der Waals surface area (Å²) in [5, 5.41) is 3.48. The molecule has 0 aliphatic rings. The summed E-state index contributed by atoms with van der Waals surface area (Å²) in [6.07, 6.45) is 0. The number of benzene rings is 3. The molecule has 2 nitrogen and oxygen atoms in total. The third-order valence-electron chi connectivity index (χ3n) is 4.29. The summed E-state index contributed by atoms with van der Waals surface area (Å²) in [5.74, 6) is 1.33. The molecule has 0 fully saturated rings. The van der Waals surface area contributed by atoms with Crippen LogP contribution in [0.5, 0.6) is 11.5 Å². The summed E-state index contributed by atoms with van der Waals surface area (Å²) in [6, 6.07) is 18.3. The fraction of sp³-hybridized carbons (Fsp3) is 0.0909. The van der Waals surface area contributed by atoms with Crippen molar-refractivity contribution in [2.24, 2.45) is 0 Å². The van der Waals surface area contributed by atoms with E-state index in [1.807, 2.05) is 30.3 Å². The molecule has 0 saturated carbocycles. The van der Waals surface area contributed by atoms with E-state index in [-0.39, 0.29) is 0 Å². The van der Waals surface area contributed by atoms with E-state index in [4.69, 9.17) is 55.9 Å². The van der Waals surface area contributed by atoms with Gasteiger partial charge in [0.05, 0.1) is 5.02 Å². The predicted octanol–water partition coefficient (Wildman–Crippen LogP) is 8.67. The molecule has 1 heterocycles. The van der Waals surface area contributed by atoms with Crippen molar-refractivity contribution < 1.29 is 9.47 Å². The van der Waals surface area contributed by atoms with E-state index in [1.165, 1.54) is 0 Å². The molecule has 0 radical (unpaired) electrons. The number of halogens is 4. The van der Waals surface area contributed by atoms with E-state index in [9.17, 15) is 0 Å². The lowest BCUT2D eigenvalue weighted by Gasteiger charge is -2.11. The van der Waals surface area contributed by atoms with Gasteiger partial charge in [-0.2, -0.15) is 0 Å². The van der Waals surface area contributed by atoms with Gasteiger partial charge in [-0.05, 0) is 60.0 Å². The minimum absolute atomic E-state index is 0.349. The average molecular weight is 484 g/mol. The Balaban J connectivity index is 1.61. The van der Waals surface area contributed by atoms with Crippen molar-refractivity contribution in [2.45, 2.75) is 13.2 Å². The number of ether oxygens (including phenoxy) is 2. The van der Waals surface area contributed by atoms with Gasteiger partial charge >= 0.3 is 0 Å². The molecule has 4 aromatic rings. The van der Waals surface area contributed by atoms with Gasteiger partial charge in [0.2, 0.25) is 0 Å². The predicted molar refractivity (Wildman–Crippen MR) is 123 cm³/mol. The molecule has 0 spiro atoms. The standard InChI is InChI=1S/C22H14Cl4O2S/c23-13-1-5-16(6-2-13)27-12-22-18(17-7-3-15(25)10-21(17)29-22)11-28-20-8-4-14(24)9-19(20)26/h1-10H,11-12H2. The SMILES string of the molecule is Clc1ccc(OCc2sc3cc(Cl)ccc3c2COc2ccc(Cl)cc2Cl)cc1. The van der Waals surface area contributed by atoms with E-state index in [0.29, 0.717) is 39.1 Å². The second-order valence-corrected chi connectivity index (χ2v) is 9.10. The first kappa shape index (κ1) is 20.6. The maximum Gasteiger partial charge on any atom is 0.138 e. The second kappa shape index (κ2) is 9.03. The molecule has 0 saturated heterocycles. The number of fused-ring (bicyclic) bond motifs is 1. The average Bonchev–Trinajstić information content (AvgIpc) is 3.03. The Morgan fingerprint density at radius 1 is 0.690 bits per heavy atom. The molecule has 0 unspecified atom stereocenters. The first-order valence-corrected chi connectivity index (χ1v) is 11.0. The summed E-state index contributed by atoms with van der Waals surface area (Å²) in [6.45, 7) is 0.758. The van der Waals surface area contributed by atoms with Gasteiger partial charge in [-0.25, -0.2) is 0 Å². The maximum atomic E-state index is 6.24. The van der Waals surface area contributed by atoms with E-state index in [1.54, 1.807) is 41.7 Å². The molecule has 0 N–H and O–H groups in total. The zero-order valence-electron chi connectivity index (χ0n) is 14.9. The molecule has 29 heavy (non-hydrogen) atoms. The highest BCUT2D eigenvalue weighted by Crippen LogP contribution is 2.36. The summed E-state index contributed by atoms with van der Waals surface area (Å²) < 4.78 is 13.0. The van der Waals surface area contributed by atoms with Gasteiger partial charge in [0, 0.05) is 30.2 Å². The minimum Gasteiger partial charge on any atom is -0.488 e. The van der Waals surface area contributed by atoms with Crippen molar-refractivity contribution >= 4 is 67.8 Å². The van der Waals surface area contributed by atoms with Crippen LogP contribution in [0.3, 0.4) is 0 Å². The summed E-state index contributed by atoms with van der Waals surface area (Å²) in [5.41, 5.74) is 1.04. The van der Waals surface area contributed by atoms with E-state index in [0.717, 1.165) is 26.3 Å². The highest BCUT2D eigenvalue weighted by atomic mass is 35.5. The molecule has 0 aliphatic carbocycles. The normalized spacial score (nSPS) is 11.0. The highest BCUT2D eigenvalue weighted by molar-refractivity contribution is 7.19. The van der Waals surface area contributed by atoms with E-state index >= 15 is 0 Å². The fourth-order valence-electron chi connectivity index (χ4n) is 2.87.